The van der Waals surface area contributed by atoms with E-state index in [4.69, 9.17) is 27.9 Å². The molecular formula is C12H15Cl2NO. The molecule has 88 valence electrons. The van der Waals surface area contributed by atoms with Crippen molar-refractivity contribution in [1.29, 1.82) is 0 Å². The molecule has 1 aliphatic heterocycles. The second-order valence-corrected chi connectivity index (χ2v) is 5.08. The molecule has 0 bridgehead atoms. The van der Waals surface area contributed by atoms with Gasteiger partial charge in [0.25, 0.3) is 0 Å². The van der Waals surface area contributed by atoms with Crippen molar-refractivity contribution in [3.63, 3.8) is 0 Å². The van der Waals surface area contributed by atoms with E-state index in [1.165, 1.54) is 0 Å². The summed E-state index contributed by atoms with van der Waals surface area (Å²) in [5.41, 5.74) is 1.12. The molecule has 2 unspecified atom stereocenters. The van der Waals surface area contributed by atoms with Crippen LogP contribution in [0.4, 0.5) is 0 Å². The third-order valence-corrected chi connectivity index (χ3v) is 3.05. The lowest BCUT2D eigenvalue weighted by Gasteiger charge is -2.28. The Labute approximate surface area is 106 Å². The number of ether oxygens (including phenoxy) is 1. The van der Waals surface area contributed by atoms with Crippen molar-refractivity contribution >= 4 is 23.2 Å². The first-order chi connectivity index (χ1) is 7.63. The lowest BCUT2D eigenvalue weighted by Crippen LogP contribution is -2.44. The van der Waals surface area contributed by atoms with E-state index in [9.17, 15) is 0 Å². The van der Waals surface area contributed by atoms with Gasteiger partial charge >= 0.3 is 0 Å². The average molecular weight is 260 g/mol. The highest BCUT2D eigenvalue weighted by atomic mass is 35.5. The number of rotatable bonds is 2. The zero-order valence-electron chi connectivity index (χ0n) is 9.17. The average Bonchev–Trinajstić information content (AvgIpc) is 2.15. The second kappa shape index (κ2) is 5.37. The summed E-state index contributed by atoms with van der Waals surface area (Å²) in [5, 5.41) is 4.70. The molecule has 1 aromatic rings. The van der Waals surface area contributed by atoms with Crippen LogP contribution in [0.25, 0.3) is 0 Å². The van der Waals surface area contributed by atoms with Crippen molar-refractivity contribution in [1.82, 2.24) is 5.32 Å². The molecule has 2 atom stereocenters. The van der Waals surface area contributed by atoms with Crippen LogP contribution in [-0.2, 0) is 11.2 Å². The van der Waals surface area contributed by atoms with E-state index in [1.54, 1.807) is 6.07 Å². The fourth-order valence-corrected chi connectivity index (χ4v) is 2.56. The van der Waals surface area contributed by atoms with Crippen molar-refractivity contribution in [2.24, 2.45) is 0 Å². The first-order valence-corrected chi connectivity index (χ1v) is 6.20. The summed E-state index contributed by atoms with van der Waals surface area (Å²) in [4.78, 5) is 0. The normalized spacial score (nSPS) is 25.7. The Kier molecular flexibility index (Phi) is 4.09. The Morgan fingerprint density at radius 1 is 1.25 bits per heavy atom. The van der Waals surface area contributed by atoms with E-state index in [0.717, 1.165) is 25.1 Å². The molecule has 2 nitrogen and oxygen atoms in total. The fourth-order valence-electron chi connectivity index (χ4n) is 1.98. The van der Waals surface area contributed by atoms with E-state index in [-0.39, 0.29) is 12.2 Å². The van der Waals surface area contributed by atoms with E-state index in [2.05, 4.69) is 12.2 Å². The molecule has 0 spiro atoms. The van der Waals surface area contributed by atoms with Gasteiger partial charge in [0.2, 0.25) is 0 Å². The Hall–Kier alpha value is -0.280. The van der Waals surface area contributed by atoms with Gasteiger partial charge in [-0.15, -0.1) is 0 Å². The van der Waals surface area contributed by atoms with Gasteiger partial charge in [-0.3, -0.25) is 0 Å². The molecule has 0 radical (unpaired) electrons. The Morgan fingerprint density at radius 3 is 2.56 bits per heavy atom. The monoisotopic (exact) mass is 259 g/mol. The largest absolute Gasteiger partial charge is 0.372 e. The summed E-state index contributed by atoms with van der Waals surface area (Å²) in [6.07, 6.45) is 1.32. The molecule has 2 rings (SSSR count). The van der Waals surface area contributed by atoms with Crippen LogP contribution in [0.3, 0.4) is 0 Å². The van der Waals surface area contributed by atoms with E-state index in [0.29, 0.717) is 10.0 Å². The summed E-state index contributed by atoms with van der Waals surface area (Å²) in [6.45, 7) is 3.88. The van der Waals surface area contributed by atoms with Crippen LogP contribution < -0.4 is 5.32 Å². The SMILES string of the molecule is CC1CNCC(Cc2cc(Cl)cc(Cl)c2)O1. The molecule has 1 aliphatic rings. The van der Waals surface area contributed by atoms with Crippen LogP contribution in [-0.4, -0.2) is 25.3 Å². The van der Waals surface area contributed by atoms with Crippen molar-refractivity contribution in [3.05, 3.63) is 33.8 Å². The summed E-state index contributed by atoms with van der Waals surface area (Å²) in [7, 11) is 0. The van der Waals surface area contributed by atoms with Gasteiger partial charge in [0.05, 0.1) is 12.2 Å². The number of hydrogen-bond acceptors (Lipinski definition) is 2. The quantitative estimate of drug-likeness (QED) is 0.882. The summed E-state index contributed by atoms with van der Waals surface area (Å²) in [5.74, 6) is 0. The van der Waals surface area contributed by atoms with Crippen molar-refractivity contribution in [3.8, 4) is 0 Å². The molecule has 1 fully saturated rings. The standard InChI is InChI=1S/C12H15Cl2NO/c1-8-6-15-7-12(16-8)4-9-2-10(13)5-11(14)3-9/h2-3,5,8,12,15H,4,6-7H2,1H3. The Balaban J connectivity index is 2.02. The minimum atomic E-state index is 0.207. The van der Waals surface area contributed by atoms with Crippen molar-refractivity contribution in [2.75, 3.05) is 13.1 Å². The highest BCUT2D eigenvalue weighted by Crippen LogP contribution is 2.21. The molecule has 0 amide bonds. The van der Waals surface area contributed by atoms with Gasteiger partial charge in [0, 0.05) is 23.1 Å². The van der Waals surface area contributed by atoms with Crippen molar-refractivity contribution in [2.45, 2.75) is 25.6 Å². The molecule has 0 aromatic heterocycles. The van der Waals surface area contributed by atoms with E-state index in [1.807, 2.05) is 12.1 Å². The summed E-state index contributed by atoms with van der Waals surface area (Å²) >= 11 is 11.9. The van der Waals surface area contributed by atoms with Crippen LogP contribution in [0.5, 0.6) is 0 Å². The Morgan fingerprint density at radius 2 is 1.94 bits per heavy atom. The van der Waals surface area contributed by atoms with Gasteiger partial charge in [0.15, 0.2) is 0 Å². The number of hydrogen-bond donors (Lipinski definition) is 1. The Bertz CT molecular complexity index is 350. The van der Waals surface area contributed by atoms with Gasteiger partial charge in [0.1, 0.15) is 0 Å². The van der Waals surface area contributed by atoms with Gasteiger partial charge in [-0.2, -0.15) is 0 Å². The van der Waals surface area contributed by atoms with Crippen LogP contribution >= 0.6 is 23.2 Å². The highest BCUT2D eigenvalue weighted by molar-refractivity contribution is 6.34. The molecule has 0 saturated carbocycles. The molecular weight excluding hydrogens is 245 g/mol. The number of morpholine rings is 1. The third kappa shape index (κ3) is 3.36. The number of nitrogens with one attached hydrogen (secondary N) is 1. The first kappa shape index (κ1) is 12.2. The number of benzene rings is 1. The maximum atomic E-state index is 5.96. The predicted octanol–water partition coefficient (Wildman–Crippen LogP) is 2.91. The lowest BCUT2D eigenvalue weighted by atomic mass is 10.1. The lowest BCUT2D eigenvalue weighted by molar-refractivity contribution is -0.0262. The van der Waals surface area contributed by atoms with Gasteiger partial charge in [-0.05, 0) is 37.1 Å². The number of halogens is 2. The highest BCUT2D eigenvalue weighted by Gasteiger charge is 2.19. The second-order valence-electron chi connectivity index (χ2n) is 4.21. The van der Waals surface area contributed by atoms with Gasteiger partial charge in [-0.1, -0.05) is 23.2 Å². The minimum absolute atomic E-state index is 0.207. The topological polar surface area (TPSA) is 21.3 Å². The molecule has 16 heavy (non-hydrogen) atoms. The van der Waals surface area contributed by atoms with Crippen LogP contribution in [0, 0.1) is 0 Å². The van der Waals surface area contributed by atoms with E-state index >= 15 is 0 Å². The van der Waals surface area contributed by atoms with Crippen LogP contribution in [0.15, 0.2) is 18.2 Å². The zero-order valence-corrected chi connectivity index (χ0v) is 10.7. The molecule has 1 saturated heterocycles. The zero-order chi connectivity index (χ0) is 11.5. The summed E-state index contributed by atoms with van der Waals surface area (Å²) < 4.78 is 5.82. The minimum Gasteiger partial charge on any atom is -0.372 e. The van der Waals surface area contributed by atoms with Crippen LogP contribution in [0.1, 0.15) is 12.5 Å². The summed E-state index contributed by atoms with van der Waals surface area (Å²) in [6, 6.07) is 5.63. The fraction of sp³-hybridized carbons (Fsp3) is 0.500. The molecule has 1 heterocycles. The molecule has 1 N–H and O–H groups in total. The first-order valence-electron chi connectivity index (χ1n) is 5.44. The maximum Gasteiger partial charge on any atom is 0.0744 e. The van der Waals surface area contributed by atoms with Crippen LogP contribution in [0.2, 0.25) is 10.0 Å². The predicted molar refractivity (Wildman–Crippen MR) is 67.4 cm³/mol. The molecule has 4 heteroatoms. The van der Waals surface area contributed by atoms with Crippen molar-refractivity contribution < 1.29 is 4.74 Å². The molecule has 1 aromatic carbocycles. The molecule has 0 aliphatic carbocycles. The van der Waals surface area contributed by atoms with E-state index < -0.39 is 0 Å². The maximum absolute atomic E-state index is 5.96. The van der Waals surface area contributed by atoms with Gasteiger partial charge in [-0.25, -0.2) is 0 Å². The van der Waals surface area contributed by atoms with Gasteiger partial charge < -0.3 is 10.1 Å². The smallest absolute Gasteiger partial charge is 0.0744 e. The third-order valence-electron chi connectivity index (χ3n) is 2.61.